The SMILES string of the molecule is COc1ccc(CN(C)C(=O)CC(NC(=O)c2ccccc2)c2ccccc2)cc1. The average Bonchev–Trinajstić information content (AvgIpc) is 2.80. The minimum absolute atomic E-state index is 0.0481. The second-order valence-electron chi connectivity index (χ2n) is 7.10. The van der Waals surface area contributed by atoms with Crippen LogP contribution in [0.3, 0.4) is 0 Å². The highest BCUT2D eigenvalue weighted by Crippen LogP contribution is 2.20. The summed E-state index contributed by atoms with van der Waals surface area (Å²) in [6.45, 7) is 0.483. The maximum Gasteiger partial charge on any atom is 0.251 e. The number of nitrogens with one attached hydrogen (secondary N) is 1. The summed E-state index contributed by atoms with van der Waals surface area (Å²) in [7, 11) is 3.39. The number of carbonyl (C=O) groups excluding carboxylic acids is 2. The van der Waals surface area contributed by atoms with Gasteiger partial charge in [0.15, 0.2) is 0 Å². The zero-order valence-electron chi connectivity index (χ0n) is 17.2. The van der Waals surface area contributed by atoms with Gasteiger partial charge in [-0.3, -0.25) is 9.59 Å². The Labute approximate surface area is 177 Å². The average molecular weight is 402 g/mol. The minimum Gasteiger partial charge on any atom is -0.497 e. The van der Waals surface area contributed by atoms with Crippen LogP contribution in [0.1, 0.15) is 33.9 Å². The molecular formula is C25H26N2O3. The van der Waals surface area contributed by atoms with Crippen molar-refractivity contribution in [1.82, 2.24) is 10.2 Å². The van der Waals surface area contributed by atoms with Crippen molar-refractivity contribution in [3.8, 4) is 5.75 Å². The van der Waals surface area contributed by atoms with Gasteiger partial charge >= 0.3 is 0 Å². The molecule has 0 saturated carbocycles. The van der Waals surface area contributed by atoms with E-state index in [9.17, 15) is 9.59 Å². The number of benzene rings is 3. The zero-order valence-corrected chi connectivity index (χ0v) is 17.2. The molecule has 0 radical (unpaired) electrons. The Morgan fingerprint density at radius 1 is 0.900 bits per heavy atom. The van der Waals surface area contributed by atoms with Crippen molar-refractivity contribution in [3.05, 3.63) is 102 Å². The van der Waals surface area contributed by atoms with E-state index in [2.05, 4.69) is 5.32 Å². The molecule has 3 aromatic rings. The van der Waals surface area contributed by atoms with E-state index < -0.39 is 6.04 Å². The molecule has 3 rings (SSSR count). The molecule has 0 aromatic heterocycles. The Kier molecular flexibility index (Phi) is 7.22. The first-order chi connectivity index (χ1) is 14.6. The predicted octanol–water partition coefficient (Wildman–Crippen LogP) is 4.22. The summed E-state index contributed by atoms with van der Waals surface area (Å²) in [5.74, 6) is 0.531. The van der Waals surface area contributed by atoms with Crippen molar-refractivity contribution >= 4 is 11.8 Å². The van der Waals surface area contributed by atoms with E-state index in [0.29, 0.717) is 12.1 Å². The van der Waals surface area contributed by atoms with Crippen molar-refractivity contribution in [2.75, 3.05) is 14.2 Å². The number of nitrogens with zero attached hydrogens (tertiary/aromatic N) is 1. The molecule has 3 aromatic carbocycles. The first kappa shape index (κ1) is 21.1. The fourth-order valence-corrected chi connectivity index (χ4v) is 3.19. The Balaban J connectivity index is 1.70. The van der Waals surface area contributed by atoms with E-state index in [0.717, 1.165) is 16.9 Å². The molecule has 5 nitrogen and oxygen atoms in total. The molecule has 0 bridgehead atoms. The normalized spacial score (nSPS) is 11.4. The van der Waals surface area contributed by atoms with Crippen LogP contribution in [-0.4, -0.2) is 30.9 Å². The molecule has 1 N–H and O–H groups in total. The molecule has 30 heavy (non-hydrogen) atoms. The summed E-state index contributed by atoms with van der Waals surface area (Å²) in [6, 6.07) is 25.8. The van der Waals surface area contributed by atoms with Crippen molar-refractivity contribution in [2.24, 2.45) is 0 Å². The lowest BCUT2D eigenvalue weighted by atomic mass is 10.0. The third-order valence-electron chi connectivity index (χ3n) is 4.93. The standard InChI is InChI=1S/C25H26N2O3/c1-27(18-19-13-15-22(30-2)16-14-19)24(28)17-23(20-9-5-3-6-10-20)26-25(29)21-11-7-4-8-12-21/h3-16,23H,17-18H2,1-2H3,(H,26,29). The highest BCUT2D eigenvalue weighted by molar-refractivity contribution is 5.94. The first-order valence-electron chi connectivity index (χ1n) is 9.84. The van der Waals surface area contributed by atoms with Crippen molar-refractivity contribution in [3.63, 3.8) is 0 Å². The van der Waals surface area contributed by atoms with Crippen LogP contribution < -0.4 is 10.1 Å². The fraction of sp³-hybridized carbons (Fsp3) is 0.200. The predicted molar refractivity (Wildman–Crippen MR) is 117 cm³/mol. The fourth-order valence-electron chi connectivity index (χ4n) is 3.19. The lowest BCUT2D eigenvalue weighted by Crippen LogP contribution is -2.34. The zero-order chi connectivity index (χ0) is 21.3. The third-order valence-corrected chi connectivity index (χ3v) is 4.93. The van der Waals surface area contributed by atoms with Crippen LogP contribution in [0, 0.1) is 0 Å². The van der Waals surface area contributed by atoms with Crippen LogP contribution in [0.15, 0.2) is 84.9 Å². The van der Waals surface area contributed by atoms with Crippen LogP contribution in [0.2, 0.25) is 0 Å². The van der Waals surface area contributed by atoms with Crippen LogP contribution in [0.25, 0.3) is 0 Å². The summed E-state index contributed by atoms with van der Waals surface area (Å²) < 4.78 is 5.18. The van der Waals surface area contributed by atoms with Crippen molar-refractivity contribution in [2.45, 2.75) is 19.0 Å². The van der Waals surface area contributed by atoms with Gasteiger partial charge in [-0.15, -0.1) is 0 Å². The summed E-state index contributed by atoms with van der Waals surface area (Å²) >= 11 is 0. The number of hydrogen-bond acceptors (Lipinski definition) is 3. The summed E-state index contributed by atoms with van der Waals surface area (Å²) in [4.78, 5) is 27.3. The van der Waals surface area contributed by atoms with Gasteiger partial charge in [-0.1, -0.05) is 60.7 Å². The van der Waals surface area contributed by atoms with E-state index >= 15 is 0 Å². The van der Waals surface area contributed by atoms with E-state index in [-0.39, 0.29) is 18.2 Å². The minimum atomic E-state index is -0.412. The highest BCUT2D eigenvalue weighted by atomic mass is 16.5. The Morgan fingerprint density at radius 2 is 1.50 bits per heavy atom. The van der Waals surface area contributed by atoms with E-state index in [1.165, 1.54) is 0 Å². The molecule has 1 atom stereocenters. The van der Waals surface area contributed by atoms with Crippen LogP contribution >= 0.6 is 0 Å². The molecule has 0 spiro atoms. The van der Waals surface area contributed by atoms with Crippen LogP contribution in [-0.2, 0) is 11.3 Å². The quantitative estimate of drug-likeness (QED) is 0.614. The van der Waals surface area contributed by atoms with E-state index in [1.54, 1.807) is 31.2 Å². The Morgan fingerprint density at radius 3 is 2.10 bits per heavy atom. The molecule has 0 aliphatic rings. The number of hydrogen-bond donors (Lipinski definition) is 1. The maximum atomic E-state index is 12.9. The van der Waals surface area contributed by atoms with Gasteiger partial charge in [-0.25, -0.2) is 0 Å². The molecule has 0 heterocycles. The van der Waals surface area contributed by atoms with Gasteiger partial charge in [-0.2, -0.15) is 0 Å². The molecular weight excluding hydrogens is 376 g/mol. The van der Waals surface area contributed by atoms with Crippen molar-refractivity contribution < 1.29 is 14.3 Å². The second-order valence-corrected chi connectivity index (χ2v) is 7.10. The van der Waals surface area contributed by atoms with E-state index in [4.69, 9.17) is 4.74 Å². The number of methoxy groups -OCH3 is 1. The van der Waals surface area contributed by atoms with Crippen LogP contribution in [0.5, 0.6) is 5.75 Å². The third kappa shape index (κ3) is 5.70. The molecule has 154 valence electrons. The molecule has 0 fully saturated rings. The lowest BCUT2D eigenvalue weighted by Gasteiger charge is -2.23. The lowest BCUT2D eigenvalue weighted by molar-refractivity contribution is -0.130. The van der Waals surface area contributed by atoms with Crippen molar-refractivity contribution in [1.29, 1.82) is 0 Å². The van der Waals surface area contributed by atoms with Gasteiger partial charge in [0.2, 0.25) is 5.91 Å². The summed E-state index contributed by atoms with van der Waals surface area (Å²) in [5, 5.41) is 3.01. The summed E-state index contributed by atoms with van der Waals surface area (Å²) in [5.41, 5.74) is 2.47. The van der Waals surface area contributed by atoms with Gasteiger partial charge in [0.1, 0.15) is 5.75 Å². The van der Waals surface area contributed by atoms with Gasteiger partial charge < -0.3 is 15.0 Å². The monoisotopic (exact) mass is 402 g/mol. The van der Waals surface area contributed by atoms with Gasteiger partial charge in [0, 0.05) is 19.2 Å². The number of carbonyl (C=O) groups is 2. The number of rotatable bonds is 8. The summed E-state index contributed by atoms with van der Waals surface area (Å²) in [6.07, 6.45) is 0.176. The Hall–Kier alpha value is -3.60. The number of ether oxygens (including phenoxy) is 1. The van der Waals surface area contributed by atoms with Crippen LogP contribution in [0.4, 0.5) is 0 Å². The highest BCUT2D eigenvalue weighted by Gasteiger charge is 2.21. The van der Waals surface area contributed by atoms with E-state index in [1.807, 2.05) is 72.8 Å². The molecule has 1 unspecified atom stereocenters. The molecule has 0 saturated heterocycles. The van der Waals surface area contributed by atoms with Gasteiger partial charge in [-0.05, 0) is 35.4 Å². The smallest absolute Gasteiger partial charge is 0.251 e. The molecule has 2 amide bonds. The molecule has 5 heteroatoms. The van der Waals surface area contributed by atoms with Gasteiger partial charge in [0.25, 0.3) is 5.91 Å². The second kappa shape index (κ2) is 10.3. The largest absolute Gasteiger partial charge is 0.497 e. The first-order valence-corrected chi connectivity index (χ1v) is 9.84. The Bertz CT molecular complexity index is 957. The number of amides is 2. The van der Waals surface area contributed by atoms with Gasteiger partial charge in [0.05, 0.1) is 19.6 Å². The molecule has 0 aliphatic carbocycles. The maximum absolute atomic E-state index is 12.9. The topological polar surface area (TPSA) is 58.6 Å². The molecule has 0 aliphatic heterocycles.